The van der Waals surface area contributed by atoms with Crippen molar-refractivity contribution in [2.75, 3.05) is 37.6 Å². The zero-order chi connectivity index (χ0) is 17.8. The van der Waals surface area contributed by atoms with Crippen LogP contribution in [-0.2, 0) is 4.74 Å². The highest BCUT2D eigenvalue weighted by Gasteiger charge is 2.40. The third kappa shape index (κ3) is 5.01. The summed E-state index contributed by atoms with van der Waals surface area (Å²) in [6, 6.07) is 1.84. The van der Waals surface area contributed by atoms with Gasteiger partial charge in [-0.15, -0.1) is 24.0 Å². The van der Waals surface area contributed by atoms with Crippen LogP contribution >= 0.6 is 24.0 Å². The van der Waals surface area contributed by atoms with Crippen molar-refractivity contribution in [3.8, 4) is 0 Å². The number of aliphatic imine (C=N–C) groups is 1. The standard InChI is InChI=1S/C19H30N6O.HI/c20-17(23-15-16-5-8-19(26-16)6-2-1-3-7-19)24-11-13-25(14-12-24)18-21-9-4-10-22-18;/h4,9-10,16H,1-3,5-8,11-15H2,(H2,20,23);1H. The Balaban J connectivity index is 0.00000210. The molecule has 2 N–H and O–H groups in total. The number of hydrogen-bond acceptors (Lipinski definition) is 5. The molecule has 1 aromatic heterocycles. The van der Waals surface area contributed by atoms with Crippen molar-refractivity contribution in [3.63, 3.8) is 0 Å². The monoisotopic (exact) mass is 486 g/mol. The number of anilines is 1. The van der Waals surface area contributed by atoms with Crippen molar-refractivity contribution < 1.29 is 4.74 Å². The van der Waals surface area contributed by atoms with Gasteiger partial charge in [-0.2, -0.15) is 0 Å². The van der Waals surface area contributed by atoms with E-state index in [9.17, 15) is 0 Å². The van der Waals surface area contributed by atoms with Crippen LogP contribution in [-0.4, -0.2) is 65.3 Å². The van der Waals surface area contributed by atoms with Crippen LogP contribution in [0.1, 0.15) is 44.9 Å². The predicted octanol–water partition coefficient (Wildman–Crippen LogP) is 2.41. The lowest BCUT2D eigenvalue weighted by atomic mass is 9.83. The van der Waals surface area contributed by atoms with Crippen molar-refractivity contribution in [3.05, 3.63) is 18.5 Å². The number of rotatable bonds is 3. The minimum atomic E-state index is 0. The van der Waals surface area contributed by atoms with Crippen LogP contribution in [0.4, 0.5) is 5.95 Å². The largest absolute Gasteiger partial charge is 0.370 e. The third-order valence-corrected chi connectivity index (χ3v) is 6.00. The second-order valence-electron chi connectivity index (χ2n) is 7.74. The topological polar surface area (TPSA) is 79.9 Å². The van der Waals surface area contributed by atoms with Crippen molar-refractivity contribution in [2.45, 2.75) is 56.7 Å². The fraction of sp³-hybridized carbons (Fsp3) is 0.737. The molecule has 1 aliphatic carbocycles. The highest BCUT2D eigenvalue weighted by atomic mass is 127. The van der Waals surface area contributed by atoms with E-state index in [2.05, 4.69) is 24.8 Å². The van der Waals surface area contributed by atoms with E-state index in [1.54, 1.807) is 12.4 Å². The summed E-state index contributed by atoms with van der Waals surface area (Å²) in [6.45, 7) is 4.12. The summed E-state index contributed by atoms with van der Waals surface area (Å²) in [4.78, 5) is 17.6. The molecule has 2 saturated heterocycles. The summed E-state index contributed by atoms with van der Waals surface area (Å²) >= 11 is 0. The molecule has 1 spiro atoms. The van der Waals surface area contributed by atoms with Gasteiger partial charge in [0.2, 0.25) is 5.95 Å². The van der Waals surface area contributed by atoms with E-state index in [-0.39, 0.29) is 35.7 Å². The SMILES string of the molecule is I.NC(=NCC1CCC2(CCCCC2)O1)N1CCN(c2ncccn2)CC1. The minimum Gasteiger partial charge on any atom is -0.370 e. The molecule has 150 valence electrons. The van der Waals surface area contributed by atoms with Gasteiger partial charge >= 0.3 is 0 Å². The Morgan fingerprint density at radius 3 is 2.52 bits per heavy atom. The first-order valence-corrected chi connectivity index (χ1v) is 9.99. The zero-order valence-electron chi connectivity index (χ0n) is 15.9. The summed E-state index contributed by atoms with van der Waals surface area (Å²) in [5.74, 6) is 1.44. The summed E-state index contributed by atoms with van der Waals surface area (Å²) in [5.41, 5.74) is 6.41. The summed E-state index contributed by atoms with van der Waals surface area (Å²) < 4.78 is 6.40. The maximum absolute atomic E-state index is 6.40. The van der Waals surface area contributed by atoms with Gasteiger partial charge in [0.15, 0.2) is 5.96 Å². The smallest absolute Gasteiger partial charge is 0.225 e. The highest BCUT2D eigenvalue weighted by molar-refractivity contribution is 14.0. The first kappa shape index (κ1) is 20.6. The van der Waals surface area contributed by atoms with Crippen molar-refractivity contribution in [2.24, 2.45) is 10.7 Å². The Morgan fingerprint density at radius 1 is 1.11 bits per heavy atom. The van der Waals surface area contributed by atoms with Crippen molar-refractivity contribution in [1.29, 1.82) is 0 Å². The number of ether oxygens (including phenoxy) is 1. The second-order valence-corrected chi connectivity index (χ2v) is 7.74. The quantitative estimate of drug-likeness (QED) is 0.402. The van der Waals surface area contributed by atoms with E-state index in [1.165, 1.54) is 38.5 Å². The maximum atomic E-state index is 6.40. The molecular weight excluding hydrogens is 455 g/mol. The molecule has 3 heterocycles. The maximum Gasteiger partial charge on any atom is 0.225 e. The van der Waals surface area contributed by atoms with Gasteiger partial charge in [0, 0.05) is 38.6 Å². The third-order valence-electron chi connectivity index (χ3n) is 6.00. The summed E-state index contributed by atoms with van der Waals surface area (Å²) in [7, 11) is 0. The molecule has 27 heavy (non-hydrogen) atoms. The van der Waals surface area contributed by atoms with Gasteiger partial charge in [0.1, 0.15) is 0 Å². The van der Waals surface area contributed by atoms with Gasteiger partial charge in [0.05, 0.1) is 18.2 Å². The summed E-state index contributed by atoms with van der Waals surface area (Å²) in [5, 5.41) is 0. The van der Waals surface area contributed by atoms with Crippen molar-refractivity contribution >= 4 is 35.9 Å². The molecule has 0 radical (unpaired) electrons. The Hall–Kier alpha value is -1.16. The van der Waals surface area contributed by atoms with E-state index >= 15 is 0 Å². The van der Waals surface area contributed by atoms with Gasteiger partial charge in [-0.1, -0.05) is 19.3 Å². The molecule has 0 amide bonds. The Morgan fingerprint density at radius 2 is 1.81 bits per heavy atom. The van der Waals surface area contributed by atoms with Crippen LogP contribution in [0.15, 0.2) is 23.5 Å². The van der Waals surface area contributed by atoms with Crippen molar-refractivity contribution in [1.82, 2.24) is 14.9 Å². The molecule has 1 unspecified atom stereocenters. The average molecular weight is 486 g/mol. The minimum absolute atomic E-state index is 0. The normalized spacial score (nSPS) is 25.5. The fourth-order valence-corrected chi connectivity index (χ4v) is 4.47. The summed E-state index contributed by atoms with van der Waals surface area (Å²) in [6.07, 6.45) is 12.6. The van der Waals surface area contributed by atoms with Gasteiger partial charge in [-0.3, -0.25) is 4.99 Å². The van der Waals surface area contributed by atoms with Gasteiger partial charge < -0.3 is 20.3 Å². The Bertz CT molecular complexity index is 614. The molecule has 0 aromatic carbocycles. The number of aromatic nitrogens is 2. The van der Waals surface area contributed by atoms with Gasteiger partial charge in [-0.25, -0.2) is 9.97 Å². The Labute approximate surface area is 178 Å². The number of halogens is 1. The lowest BCUT2D eigenvalue weighted by Crippen LogP contribution is -2.51. The number of hydrogen-bond donors (Lipinski definition) is 1. The van der Waals surface area contributed by atoms with E-state index in [0.717, 1.165) is 38.5 Å². The Kier molecular flexibility index (Phi) is 7.13. The first-order chi connectivity index (χ1) is 12.7. The molecule has 3 fully saturated rings. The molecule has 4 rings (SSSR count). The average Bonchev–Trinajstić information content (AvgIpc) is 3.09. The van der Waals surface area contributed by atoms with Crippen LogP contribution < -0.4 is 10.6 Å². The lowest BCUT2D eigenvalue weighted by Gasteiger charge is -2.35. The number of guanidine groups is 1. The molecule has 3 aliphatic rings. The van der Waals surface area contributed by atoms with Gasteiger partial charge in [0.25, 0.3) is 0 Å². The van der Waals surface area contributed by atoms with E-state index < -0.39 is 0 Å². The molecule has 1 saturated carbocycles. The molecule has 8 heteroatoms. The molecule has 1 atom stereocenters. The predicted molar refractivity (Wildman–Crippen MR) is 118 cm³/mol. The van der Waals surface area contributed by atoms with Gasteiger partial charge in [-0.05, 0) is 31.7 Å². The number of nitrogens with two attached hydrogens (primary N) is 1. The van der Waals surface area contributed by atoms with Crippen LogP contribution in [0, 0.1) is 0 Å². The van der Waals surface area contributed by atoms with E-state index in [0.29, 0.717) is 12.5 Å². The molecule has 2 aliphatic heterocycles. The molecule has 0 bridgehead atoms. The van der Waals surface area contributed by atoms with E-state index in [1.807, 2.05) is 6.07 Å². The van der Waals surface area contributed by atoms with E-state index in [4.69, 9.17) is 10.5 Å². The molecule has 7 nitrogen and oxygen atoms in total. The highest BCUT2D eigenvalue weighted by Crippen LogP contribution is 2.41. The first-order valence-electron chi connectivity index (χ1n) is 9.99. The lowest BCUT2D eigenvalue weighted by molar-refractivity contribution is -0.0599. The van der Waals surface area contributed by atoms with Crippen LogP contribution in [0.3, 0.4) is 0 Å². The second kappa shape index (κ2) is 9.36. The van der Waals surface area contributed by atoms with Crippen LogP contribution in [0.25, 0.3) is 0 Å². The number of piperazine rings is 1. The molecule has 1 aromatic rings. The fourth-order valence-electron chi connectivity index (χ4n) is 4.47. The van der Waals surface area contributed by atoms with Crippen LogP contribution in [0.5, 0.6) is 0 Å². The zero-order valence-corrected chi connectivity index (χ0v) is 18.3. The number of nitrogens with zero attached hydrogens (tertiary/aromatic N) is 5. The molecular formula is C19H31IN6O. The van der Waals surface area contributed by atoms with Crippen LogP contribution in [0.2, 0.25) is 0 Å².